The van der Waals surface area contributed by atoms with Gasteiger partial charge in [0, 0.05) is 38.4 Å². The summed E-state index contributed by atoms with van der Waals surface area (Å²) in [7, 11) is -4.24. The number of halogens is 2. The van der Waals surface area contributed by atoms with Gasteiger partial charge in [-0.2, -0.15) is 4.67 Å². The zero-order valence-corrected chi connectivity index (χ0v) is 19.9. The molecule has 3 aromatic rings. The Bertz CT molecular complexity index is 1400. The third-order valence-electron chi connectivity index (χ3n) is 6.00. The highest BCUT2D eigenvalue weighted by molar-refractivity contribution is 7.50. The van der Waals surface area contributed by atoms with E-state index >= 15 is 8.78 Å². The molecule has 0 bridgehead atoms. The number of fused-ring (bicyclic) bond motifs is 1. The van der Waals surface area contributed by atoms with Crippen molar-refractivity contribution in [2.24, 2.45) is 0 Å². The van der Waals surface area contributed by atoms with Crippen LogP contribution in [-0.4, -0.2) is 50.9 Å². The number of pyridine rings is 1. The van der Waals surface area contributed by atoms with E-state index in [0.29, 0.717) is 0 Å². The van der Waals surface area contributed by atoms with Gasteiger partial charge in [-0.25, -0.2) is 18.1 Å². The number of rotatable bonds is 6. The number of piperazine rings is 1. The van der Waals surface area contributed by atoms with Gasteiger partial charge in [-0.05, 0) is 32.0 Å². The number of carboxylic acid groups (broad SMARTS) is 1. The molecule has 9 nitrogen and oxygen atoms in total. The maximum Gasteiger partial charge on any atom is 0.459 e. The van der Waals surface area contributed by atoms with Crippen molar-refractivity contribution in [3.8, 4) is 5.75 Å². The third kappa shape index (κ3) is 4.54. The number of aromatic nitrogens is 1. The fraction of sp³-hybridized carbons (Fsp3) is 0.304. The third-order valence-corrected chi connectivity index (χ3v) is 7.69. The molecule has 0 saturated carbocycles. The summed E-state index contributed by atoms with van der Waals surface area (Å²) in [5.74, 6) is -3.28. The lowest BCUT2D eigenvalue weighted by Gasteiger charge is -2.41. The second-order valence-corrected chi connectivity index (χ2v) is 9.91. The summed E-state index contributed by atoms with van der Waals surface area (Å²) in [4.78, 5) is 35.9. The van der Waals surface area contributed by atoms with Gasteiger partial charge in [0.1, 0.15) is 22.8 Å². The monoisotopic (exact) mass is 507 g/mol. The topological polar surface area (TPSA) is 112 Å². The van der Waals surface area contributed by atoms with Crippen molar-refractivity contribution < 1.29 is 32.7 Å². The zero-order valence-electron chi connectivity index (χ0n) is 19.0. The number of benzene rings is 2. The second kappa shape index (κ2) is 9.41. The van der Waals surface area contributed by atoms with E-state index in [1.165, 1.54) is 14.1 Å². The SMILES string of the molecule is CCn1cc(C(=O)O)c(=O)c2cc(F)c(N3CCN(P(=O)(O)Oc4ccccc4)C(C)C3)c(F)c21. The van der Waals surface area contributed by atoms with E-state index in [1.807, 2.05) is 0 Å². The molecule has 2 unspecified atom stereocenters. The summed E-state index contributed by atoms with van der Waals surface area (Å²) in [6.07, 6.45) is 1.04. The second-order valence-electron chi connectivity index (χ2n) is 8.23. The summed E-state index contributed by atoms with van der Waals surface area (Å²) in [6.45, 7) is 3.43. The molecule has 4 rings (SSSR count). The van der Waals surface area contributed by atoms with Crippen molar-refractivity contribution in [2.75, 3.05) is 24.5 Å². The number of nitrogens with zero attached hydrogens (tertiary/aromatic N) is 3. The number of hydrogen-bond acceptors (Lipinski definition) is 5. The Morgan fingerprint density at radius 2 is 1.91 bits per heavy atom. The summed E-state index contributed by atoms with van der Waals surface area (Å²) in [6, 6.07) is 8.40. The van der Waals surface area contributed by atoms with Crippen LogP contribution in [0.15, 0.2) is 47.4 Å². The van der Waals surface area contributed by atoms with Crippen molar-refractivity contribution in [1.82, 2.24) is 9.24 Å². The normalized spacial score (nSPS) is 18.4. The van der Waals surface area contributed by atoms with Gasteiger partial charge in [-0.15, -0.1) is 0 Å². The maximum absolute atomic E-state index is 15.7. The van der Waals surface area contributed by atoms with Gasteiger partial charge in [0.2, 0.25) is 5.43 Å². The summed E-state index contributed by atoms with van der Waals surface area (Å²) >= 11 is 0. The minimum Gasteiger partial charge on any atom is -0.477 e. The number of anilines is 1. The number of para-hydroxylation sites is 1. The average Bonchev–Trinajstić information content (AvgIpc) is 2.79. The van der Waals surface area contributed by atoms with Crippen molar-refractivity contribution in [2.45, 2.75) is 26.4 Å². The lowest BCUT2D eigenvalue weighted by molar-refractivity contribution is 0.0694. The van der Waals surface area contributed by atoms with E-state index in [-0.39, 0.29) is 48.5 Å². The van der Waals surface area contributed by atoms with Crippen LogP contribution in [0.2, 0.25) is 0 Å². The average molecular weight is 507 g/mol. The van der Waals surface area contributed by atoms with Gasteiger partial charge in [0.25, 0.3) is 0 Å². The molecule has 0 radical (unpaired) electrons. The molecule has 1 aliphatic heterocycles. The Morgan fingerprint density at radius 3 is 2.51 bits per heavy atom. The molecule has 2 N–H and O–H groups in total. The Labute approximate surface area is 199 Å². The van der Waals surface area contributed by atoms with Gasteiger partial charge in [0.15, 0.2) is 5.82 Å². The maximum atomic E-state index is 15.7. The van der Waals surface area contributed by atoms with Crippen molar-refractivity contribution in [3.05, 3.63) is 70.0 Å². The van der Waals surface area contributed by atoms with Crippen LogP contribution in [0.4, 0.5) is 14.5 Å². The van der Waals surface area contributed by atoms with E-state index < -0.39 is 42.4 Å². The Kier molecular flexibility index (Phi) is 6.68. The van der Waals surface area contributed by atoms with Gasteiger partial charge < -0.3 is 24.0 Å². The molecule has 0 spiro atoms. The molecule has 0 aliphatic carbocycles. The molecule has 12 heteroatoms. The number of carboxylic acids is 1. The number of aromatic carboxylic acids is 1. The number of hydrogen-bond donors (Lipinski definition) is 2. The molecule has 35 heavy (non-hydrogen) atoms. The molecule has 1 aromatic heterocycles. The molecule has 186 valence electrons. The van der Waals surface area contributed by atoms with E-state index in [0.717, 1.165) is 12.3 Å². The smallest absolute Gasteiger partial charge is 0.459 e. The Morgan fingerprint density at radius 1 is 1.23 bits per heavy atom. The number of carbonyl (C=O) groups is 1. The Hall–Kier alpha value is -3.27. The van der Waals surface area contributed by atoms with E-state index in [4.69, 9.17) is 4.52 Å². The first-order valence-corrected chi connectivity index (χ1v) is 12.5. The van der Waals surface area contributed by atoms with Gasteiger partial charge in [-0.3, -0.25) is 4.79 Å². The van der Waals surface area contributed by atoms with E-state index in [1.54, 1.807) is 44.2 Å². The molecule has 1 saturated heterocycles. The first-order chi connectivity index (χ1) is 16.5. The van der Waals surface area contributed by atoms with Gasteiger partial charge in [0.05, 0.1) is 10.9 Å². The predicted octanol–water partition coefficient (Wildman–Crippen LogP) is 3.69. The Balaban J connectivity index is 1.68. The minimum absolute atomic E-state index is 0.00557. The molecule has 2 atom stereocenters. The van der Waals surface area contributed by atoms with Gasteiger partial charge in [-0.1, -0.05) is 18.2 Å². The van der Waals surface area contributed by atoms with Crippen LogP contribution < -0.4 is 14.9 Å². The van der Waals surface area contributed by atoms with Crippen LogP contribution in [-0.2, 0) is 11.1 Å². The molecule has 2 heterocycles. The fourth-order valence-electron chi connectivity index (χ4n) is 4.37. The largest absolute Gasteiger partial charge is 0.477 e. The van der Waals surface area contributed by atoms with Crippen molar-refractivity contribution >= 4 is 30.3 Å². The first-order valence-electron chi connectivity index (χ1n) is 10.9. The lowest BCUT2D eigenvalue weighted by Crippen LogP contribution is -2.51. The van der Waals surface area contributed by atoms with Gasteiger partial charge >= 0.3 is 13.7 Å². The van der Waals surface area contributed by atoms with Crippen molar-refractivity contribution in [3.63, 3.8) is 0 Å². The molecular weight excluding hydrogens is 483 g/mol. The summed E-state index contributed by atoms with van der Waals surface area (Å²) < 4.78 is 51.6. The zero-order chi connectivity index (χ0) is 25.5. The standard InChI is InChI=1S/C23H24F2N3O6P/c1-3-26-13-17(23(30)31)22(29)16-11-18(24)21(19(25)20(16)26)27-9-10-28(14(2)12-27)35(32,33)34-15-7-5-4-6-8-15/h4-8,11,13-14H,3,9-10,12H2,1-2H3,(H,30,31)(H,32,33). The molecule has 1 fully saturated rings. The first kappa shape index (κ1) is 24.8. The lowest BCUT2D eigenvalue weighted by atomic mass is 10.1. The summed E-state index contributed by atoms with van der Waals surface area (Å²) in [5, 5.41) is 8.92. The van der Waals surface area contributed by atoms with E-state index in [2.05, 4.69) is 0 Å². The highest BCUT2D eigenvalue weighted by atomic mass is 31.2. The fourth-order valence-corrected chi connectivity index (χ4v) is 5.78. The van der Waals surface area contributed by atoms with Crippen LogP contribution in [0.25, 0.3) is 10.9 Å². The van der Waals surface area contributed by atoms with Crippen LogP contribution in [0.5, 0.6) is 5.75 Å². The van der Waals surface area contributed by atoms with Crippen molar-refractivity contribution in [1.29, 1.82) is 0 Å². The molecule has 0 amide bonds. The highest BCUT2D eigenvalue weighted by Crippen LogP contribution is 2.49. The van der Waals surface area contributed by atoms with Crippen LogP contribution in [0.1, 0.15) is 24.2 Å². The number of aryl methyl sites for hydroxylation is 1. The quantitative estimate of drug-likeness (QED) is 0.486. The molecule has 2 aromatic carbocycles. The van der Waals surface area contributed by atoms with Crippen LogP contribution in [0.3, 0.4) is 0 Å². The highest BCUT2D eigenvalue weighted by Gasteiger charge is 2.40. The predicted molar refractivity (Wildman–Crippen MR) is 126 cm³/mol. The summed E-state index contributed by atoms with van der Waals surface area (Å²) in [5.41, 5.74) is -2.14. The molecule has 1 aliphatic rings. The van der Waals surface area contributed by atoms with Crippen LogP contribution >= 0.6 is 7.75 Å². The van der Waals surface area contributed by atoms with Crippen LogP contribution in [0, 0.1) is 11.6 Å². The van der Waals surface area contributed by atoms with E-state index in [9.17, 15) is 24.2 Å². The minimum atomic E-state index is -4.24. The molecular formula is C23H24F2N3O6P.